The van der Waals surface area contributed by atoms with E-state index in [-0.39, 0.29) is 11.3 Å². The minimum Gasteiger partial charge on any atom is -0.493 e. The van der Waals surface area contributed by atoms with Gasteiger partial charge in [-0.2, -0.15) is 13.2 Å². The predicted molar refractivity (Wildman–Crippen MR) is 53.2 cm³/mol. The molecule has 0 bridgehead atoms. The van der Waals surface area contributed by atoms with Crippen molar-refractivity contribution in [3.8, 4) is 5.75 Å². The van der Waals surface area contributed by atoms with Gasteiger partial charge in [-0.15, -0.1) is 0 Å². The average molecular weight is 234 g/mol. The van der Waals surface area contributed by atoms with Gasteiger partial charge in [0.15, 0.2) is 0 Å². The van der Waals surface area contributed by atoms with Crippen molar-refractivity contribution in [2.24, 2.45) is 0 Å². The van der Waals surface area contributed by atoms with Gasteiger partial charge in [-0.3, -0.25) is 0 Å². The number of benzene rings is 1. The van der Waals surface area contributed by atoms with Crippen LogP contribution >= 0.6 is 0 Å². The highest BCUT2D eigenvalue weighted by atomic mass is 19.4. The first-order chi connectivity index (χ1) is 7.36. The lowest BCUT2D eigenvalue weighted by Gasteiger charge is -2.15. The Morgan fingerprint density at radius 1 is 1.38 bits per heavy atom. The Balaban J connectivity index is 3.17. The van der Waals surface area contributed by atoms with E-state index in [2.05, 4.69) is 0 Å². The molecule has 0 spiro atoms. The SMILES string of the molecule is CCOc1ccc(C(F)(F)F)cc1C(C)O. The van der Waals surface area contributed by atoms with Gasteiger partial charge >= 0.3 is 6.18 Å². The Hall–Kier alpha value is -1.23. The van der Waals surface area contributed by atoms with Crippen molar-refractivity contribution in [1.82, 2.24) is 0 Å². The van der Waals surface area contributed by atoms with Crippen molar-refractivity contribution in [2.45, 2.75) is 26.1 Å². The molecular weight excluding hydrogens is 221 g/mol. The molecule has 5 heteroatoms. The van der Waals surface area contributed by atoms with Crippen molar-refractivity contribution in [3.63, 3.8) is 0 Å². The second kappa shape index (κ2) is 4.74. The fraction of sp³-hybridized carbons (Fsp3) is 0.455. The molecule has 90 valence electrons. The number of rotatable bonds is 3. The second-order valence-electron chi connectivity index (χ2n) is 3.36. The van der Waals surface area contributed by atoms with E-state index in [0.717, 1.165) is 12.1 Å². The molecule has 0 aliphatic carbocycles. The van der Waals surface area contributed by atoms with E-state index in [1.54, 1.807) is 6.92 Å². The molecule has 1 aromatic rings. The summed E-state index contributed by atoms with van der Waals surface area (Å²) in [5.74, 6) is 0.283. The van der Waals surface area contributed by atoms with Crippen LogP contribution in [0.1, 0.15) is 31.1 Å². The maximum Gasteiger partial charge on any atom is 0.416 e. The van der Waals surface area contributed by atoms with Crippen LogP contribution in [-0.2, 0) is 6.18 Å². The van der Waals surface area contributed by atoms with Crippen molar-refractivity contribution in [2.75, 3.05) is 6.61 Å². The number of aliphatic hydroxyl groups is 1. The molecule has 1 aromatic carbocycles. The van der Waals surface area contributed by atoms with Crippen molar-refractivity contribution in [3.05, 3.63) is 29.3 Å². The summed E-state index contributed by atoms with van der Waals surface area (Å²) in [6.07, 6.45) is -5.40. The van der Waals surface area contributed by atoms with Gasteiger partial charge in [0.2, 0.25) is 0 Å². The molecule has 1 rings (SSSR count). The molecule has 1 N–H and O–H groups in total. The molecule has 1 unspecified atom stereocenters. The Morgan fingerprint density at radius 3 is 2.44 bits per heavy atom. The Labute approximate surface area is 91.7 Å². The average Bonchev–Trinajstić information content (AvgIpc) is 2.16. The maximum atomic E-state index is 12.4. The van der Waals surface area contributed by atoms with Gasteiger partial charge in [0.25, 0.3) is 0 Å². The summed E-state index contributed by atoms with van der Waals surface area (Å²) in [5, 5.41) is 9.37. The first-order valence-electron chi connectivity index (χ1n) is 4.88. The van der Waals surface area contributed by atoms with Gasteiger partial charge in [-0.05, 0) is 32.0 Å². The van der Waals surface area contributed by atoms with E-state index in [1.165, 1.54) is 13.0 Å². The summed E-state index contributed by atoms with van der Waals surface area (Å²) >= 11 is 0. The molecule has 0 saturated heterocycles. The van der Waals surface area contributed by atoms with Crippen LogP contribution < -0.4 is 4.74 Å². The molecule has 0 aliphatic rings. The molecule has 2 nitrogen and oxygen atoms in total. The van der Waals surface area contributed by atoms with Gasteiger partial charge in [0, 0.05) is 5.56 Å². The first-order valence-corrected chi connectivity index (χ1v) is 4.88. The highest BCUT2D eigenvalue weighted by Gasteiger charge is 2.31. The lowest BCUT2D eigenvalue weighted by atomic mass is 10.1. The Kier molecular flexibility index (Phi) is 3.80. The van der Waals surface area contributed by atoms with Crippen molar-refractivity contribution in [1.29, 1.82) is 0 Å². The van der Waals surface area contributed by atoms with Crippen LogP contribution in [0.5, 0.6) is 5.75 Å². The molecule has 0 aliphatic heterocycles. The van der Waals surface area contributed by atoms with Crippen LogP contribution in [0.3, 0.4) is 0 Å². The zero-order valence-electron chi connectivity index (χ0n) is 9.01. The second-order valence-corrected chi connectivity index (χ2v) is 3.36. The van der Waals surface area contributed by atoms with E-state index >= 15 is 0 Å². The third-order valence-electron chi connectivity index (χ3n) is 2.09. The maximum absolute atomic E-state index is 12.4. The quantitative estimate of drug-likeness (QED) is 0.870. The molecule has 0 aromatic heterocycles. The summed E-state index contributed by atoms with van der Waals surface area (Å²) < 4.78 is 42.4. The molecular formula is C11H13F3O2. The fourth-order valence-electron chi connectivity index (χ4n) is 1.34. The Bertz CT molecular complexity index is 359. The van der Waals surface area contributed by atoms with Crippen LogP contribution in [0, 0.1) is 0 Å². The molecule has 0 heterocycles. The van der Waals surface area contributed by atoms with E-state index in [4.69, 9.17) is 4.74 Å². The minimum absolute atomic E-state index is 0.150. The highest BCUT2D eigenvalue weighted by Crippen LogP contribution is 2.34. The monoisotopic (exact) mass is 234 g/mol. The lowest BCUT2D eigenvalue weighted by Crippen LogP contribution is -2.08. The van der Waals surface area contributed by atoms with Crippen LogP contribution in [0.2, 0.25) is 0 Å². The summed E-state index contributed by atoms with van der Waals surface area (Å²) in [5.41, 5.74) is -0.636. The van der Waals surface area contributed by atoms with Gasteiger partial charge in [-0.1, -0.05) is 0 Å². The molecule has 1 atom stereocenters. The molecule has 0 radical (unpaired) electrons. The Morgan fingerprint density at radius 2 is 2.00 bits per heavy atom. The standard InChI is InChI=1S/C11H13F3O2/c1-3-16-10-5-4-8(11(12,13)14)6-9(10)7(2)15/h4-7,15H,3H2,1-2H3. The highest BCUT2D eigenvalue weighted by molar-refractivity contribution is 5.39. The van der Waals surface area contributed by atoms with E-state index in [1.807, 2.05) is 0 Å². The molecule has 0 saturated carbocycles. The van der Waals surface area contributed by atoms with Crippen LogP contribution in [0.25, 0.3) is 0 Å². The fourth-order valence-corrected chi connectivity index (χ4v) is 1.34. The van der Waals surface area contributed by atoms with E-state index < -0.39 is 17.8 Å². The van der Waals surface area contributed by atoms with Crippen LogP contribution in [-0.4, -0.2) is 11.7 Å². The summed E-state index contributed by atoms with van der Waals surface area (Å²) in [7, 11) is 0. The third-order valence-corrected chi connectivity index (χ3v) is 2.09. The largest absolute Gasteiger partial charge is 0.493 e. The minimum atomic E-state index is -4.41. The first kappa shape index (κ1) is 12.8. The van der Waals surface area contributed by atoms with Crippen LogP contribution in [0.15, 0.2) is 18.2 Å². The lowest BCUT2D eigenvalue weighted by molar-refractivity contribution is -0.137. The molecule has 0 fully saturated rings. The van der Waals surface area contributed by atoms with Crippen molar-refractivity contribution >= 4 is 0 Å². The van der Waals surface area contributed by atoms with E-state index in [0.29, 0.717) is 6.61 Å². The van der Waals surface area contributed by atoms with Gasteiger partial charge in [0.1, 0.15) is 5.75 Å². The van der Waals surface area contributed by atoms with Gasteiger partial charge in [0.05, 0.1) is 18.3 Å². The number of aliphatic hydroxyl groups excluding tert-OH is 1. The predicted octanol–water partition coefficient (Wildman–Crippen LogP) is 3.16. The number of alkyl halides is 3. The zero-order chi connectivity index (χ0) is 12.3. The van der Waals surface area contributed by atoms with Crippen molar-refractivity contribution < 1.29 is 23.0 Å². The van der Waals surface area contributed by atoms with Gasteiger partial charge < -0.3 is 9.84 Å². The summed E-state index contributed by atoms with van der Waals surface area (Å²) in [6.45, 7) is 3.46. The zero-order valence-corrected chi connectivity index (χ0v) is 9.01. The summed E-state index contributed by atoms with van der Waals surface area (Å²) in [6, 6.07) is 3.08. The summed E-state index contributed by atoms with van der Waals surface area (Å²) in [4.78, 5) is 0. The molecule has 0 amide bonds. The van der Waals surface area contributed by atoms with E-state index in [9.17, 15) is 18.3 Å². The van der Waals surface area contributed by atoms with Gasteiger partial charge in [-0.25, -0.2) is 0 Å². The number of halogens is 3. The third kappa shape index (κ3) is 2.88. The topological polar surface area (TPSA) is 29.5 Å². The number of hydrogen-bond acceptors (Lipinski definition) is 2. The normalized spacial score (nSPS) is 13.6. The number of hydrogen-bond donors (Lipinski definition) is 1. The smallest absolute Gasteiger partial charge is 0.416 e. The van der Waals surface area contributed by atoms with Crippen LogP contribution in [0.4, 0.5) is 13.2 Å². The molecule has 16 heavy (non-hydrogen) atoms. The number of ether oxygens (including phenoxy) is 1.